The highest BCUT2D eigenvalue weighted by Crippen LogP contribution is 2.40. The molecule has 0 N–H and O–H groups in total. The molecule has 1 aliphatic rings. The molecule has 194 valence electrons. The molecule has 0 aliphatic carbocycles. The molecule has 0 unspecified atom stereocenters. The number of esters is 1. The van der Waals surface area contributed by atoms with Crippen LogP contribution in [0.4, 0.5) is 0 Å². The van der Waals surface area contributed by atoms with Crippen molar-refractivity contribution in [3.05, 3.63) is 84.0 Å². The van der Waals surface area contributed by atoms with Crippen molar-refractivity contribution in [2.24, 2.45) is 4.99 Å². The predicted octanol–water partition coefficient (Wildman–Crippen LogP) is 3.52. The van der Waals surface area contributed by atoms with Gasteiger partial charge in [0.1, 0.15) is 11.8 Å². The van der Waals surface area contributed by atoms with Crippen molar-refractivity contribution in [3.8, 4) is 17.2 Å². The minimum absolute atomic E-state index is 0.194. The van der Waals surface area contributed by atoms with E-state index in [1.807, 2.05) is 50.3 Å². The fourth-order valence-electron chi connectivity index (χ4n) is 4.37. The third kappa shape index (κ3) is 4.91. The number of benzene rings is 2. The van der Waals surface area contributed by atoms with Gasteiger partial charge in [0, 0.05) is 5.56 Å². The maximum atomic E-state index is 13.9. The summed E-state index contributed by atoms with van der Waals surface area (Å²) in [6.07, 6.45) is 1.84. The highest BCUT2D eigenvalue weighted by atomic mass is 32.1. The van der Waals surface area contributed by atoms with Gasteiger partial charge in [-0.2, -0.15) is 0 Å². The summed E-state index contributed by atoms with van der Waals surface area (Å²) in [5.74, 6) is 1.19. The highest BCUT2D eigenvalue weighted by molar-refractivity contribution is 7.07. The number of aryl methyl sites for hydroxylation is 1. The minimum Gasteiger partial charge on any atom is -0.497 e. The summed E-state index contributed by atoms with van der Waals surface area (Å²) in [5.41, 5.74) is 2.99. The molecule has 0 saturated carbocycles. The number of fused-ring (bicyclic) bond motifs is 1. The predicted molar refractivity (Wildman–Crippen MR) is 142 cm³/mol. The Kier molecular flexibility index (Phi) is 7.83. The highest BCUT2D eigenvalue weighted by Gasteiger charge is 2.35. The standard InChI is InChI=1S/C28H30N2O6S/c1-7-35-25-20(10-9-11-21(25)34-6)24-23(27(32)36-8-2)17(4)29-28-30(24)26(31)22(37-28)15-18-12-13-19(33-5)14-16(18)3/h9-15,24H,7-8H2,1-6H3/b22-15-/t24-/m0/s1. The van der Waals surface area contributed by atoms with Crippen molar-refractivity contribution in [2.45, 2.75) is 33.7 Å². The van der Waals surface area contributed by atoms with Crippen LogP contribution in [0, 0.1) is 6.92 Å². The van der Waals surface area contributed by atoms with Crippen LogP contribution in [0.5, 0.6) is 17.2 Å². The molecule has 1 atom stereocenters. The molecular formula is C28H30N2O6S. The quantitative estimate of drug-likeness (QED) is 0.421. The largest absolute Gasteiger partial charge is 0.497 e. The minimum atomic E-state index is -0.800. The molecular weight excluding hydrogens is 492 g/mol. The number of nitrogens with zero attached hydrogens (tertiary/aromatic N) is 2. The molecule has 0 fully saturated rings. The lowest BCUT2D eigenvalue weighted by Gasteiger charge is -2.26. The summed E-state index contributed by atoms with van der Waals surface area (Å²) in [7, 11) is 3.17. The second-order valence-electron chi connectivity index (χ2n) is 8.34. The van der Waals surface area contributed by atoms with E-state index in [0.29, 0.717) is 38.7 Å². The first kappa shape index (κ1) is 26.2. The zero-order valence-corrected chi connectivity index (χ0v) is 22.6. The number of carbonyl (C=O) groups excluding carboxylic acids is 1. The molecule has 2 heterocycles. The molecule has 8 nitrogen and oxygen atoms in total. The lowest BCUT2D eigenvalue weighted by Crippen LogP contribution is -2.40. The molecule has 0 spiro atoms. The average Bonchev–Trinajstić information content (AvgIpc) is 3.19. The third-order valence-electron chi connectivity index (χ3n) is 6.09. The molecule has 4 rings (SSSR count). The van der Waals surface area contributed by atoms with Crippen LogP contribution >= 0.6 is 11.3 Å². The fraction of sp³-hybridized carbons (Fsp3) is 0.321. The number of para-hydroxylation sites is 1. The van der Waals surface area contributed by atoms with Crippen LogP contribution in [0.15, 0.2) is 57.5 Å². The molecule has 0 radical (unpaired) electrons. The number of methoxy groups -OCH3 is 2. The van der Waals surface area contributed by atoms with Crippen molar-refractivity contribution in [1.82, 2.24) is 4.57 Å². The van der Waals surface area contributed by atoms with Gasteiger partial charge in [-0.15, -0.1) is 0 Å². The summed E-state index contributed by atoms with van der Waals surface area (Å²) in [6.45, 7) is 7.90. The molecule has 0 saturated heterocycles. The Bertz CT molecular complexity index is 1550. The van der Waals surface area contributed by atoms with E-state index in [1.165, 1.54) is 11.3 Å². The molecule has 1 aromatic heterocycles. The Morgan fingerprint density at radius 1 is 1.11 bits per heavy atom. The van der Waals surface area contributed by atoms with Gasteiger partial charge in [0.15, 0.2) is 16.3 Å². The van der Waals surface area contributed by atoms with Gasteiger partial charge < -0.3 is 18.9 Å². The van der Waals surface area contributed by atoms with Gasteiger partial charge in [0.2, 0.25) is 0 Å². The summed E-state index contributed by atoms with van der Waals surface area (Å²) < 4.78 is 24.3. The Balaban J connectivity index is 2.01. The van der Waals surface area contributed by atoms with Gasteiger partial charge in [0.05, 0.1) is 43.2 Å². The summed E-state index contributed by atoms with van der Waals surface area (Å²) in [4.78, 5) is 32.2. The van der Waals surface area contributed by atoms with Crippen LogP contribution in [-0.4, -0.2) is 38.0 Å². The first-order valence-electron chi connectivity index (χ1n) is 12.0. The van der Waals surface area contributed by atoms with Crippen LogP contribution in [0.1, 0.15) is 43.5 Å². The molecule has 3 aromatic rings. The number of rotatable bonds is 8. The fourth-order valence-corrected chi connectivity index (χ4v) is 5.41. The van der Waals surface area contributed by atoms with Crippen LogP contribution in [-0.2, 0) is 9.53 Å². The van der Waals surface area contributed by atoms with Crippen molar-refractivity contribution in [1.29, 1.82) is 0 Å². The maximum Gasteiger partial charge on any atom is 0.338 e. The summed E-state index contributed by atoms with van der Waals surface area (Å²) in [6, 6.07) is 10.3. The molecule has 1 aliphatic heterocycles. The van der Waals surface area contributed by atoms with Gasteiger partial charge in [-0.3, -0.25) is 9.36 Å². The molecule has 0 amide bonds. The Labute approximate surface area is 219 Å². The van der Waals surface area contributed by atoms with E-state index in [-0.39, 0.29) is 17.7 Å². The number of hydrogen-bond acceptors (Lipinski definition) is 8. The molecule has 2 aromatic carbocycles. The second-order valence-corrected chi connectivity index (χ2v) is 9.35. The van der Waals surface area contributed by atoms with E-state index in [2.05, 4.69) is 4.99 Å². The topological polar surface area (TPSA) is 88.4 Å². The molecule has 0 bridgehead atoms. The average molecular weight is 523 g/mol. The molecule has 37 heavy (non-hydrogen) atoms. The van der Waals surface area contributed by atoms with Crippen molar-refractivity contribution < 1.29 is 23.7 Å². The van der Waals surface area contributed by atoms with Gasteiger partial charge in [-0.25, -0.2) is 9.79 Å². The Morgan fingerprint density at radius 3 is 2.54 bits per heavy atom. The lowest BCUT2D eigenvalue weighted by molar-refractivity contribution is -0.139. The number of allylic oxidation sites excluding steroid dienone is 1. The van der Waals surface area contributed by atoms with E-state index in [4.69, 9.17) is 18.9 Å². The first-order chi connectivity index (χ1) is 17.8. The van der Waals surface area contributed by atoms with E-state index in [0.717, 1.165) is 16.9 Å². The Hall–Kier alpha value is -3.85. The third-order valence-corrected chi connectivity index (χ3v) is 7.08. The first-order valence-corrected chi connectivity index (χ1v) is 12.8. The number of thiazole rings is 1. The monoisotopic (exact) mass is 522 g/mol. The second kappa shape index (κ2) is 11.0. The van der Waals surface area contributed by atoms with Crippen molar-refractivity contribution in [3.63, 3.8) is 0 Å². The van der Waals surface area contributed by atoms with Gasteiger partial charge in [0.25, 0.3) is 5.56 Å². The van der Waals surface area contributed by atoms with Crippen LogP contribution in [0.2, 0.25) is 0 Å². The van der Waals surface area contributed by atoms with Crippen LogP contribution in [0.3, 0.4) is 0 Å². The van der Waals surface area contributed by atoms with Gasteiger partial charge >= 0.3 is 5.97 Å². The maximum absolute atomic E-state index is 13.9. The van der Waals surface area contributed by atoms with Crippen LogP contribution < -0.4 is 29.1 Å². The van der Waals surface area contributed by atoms with E-state index in [9.17, 15) is 9.59 Å². The van der Waals surface area contributed by atoms with E-state index in [1.54, 1.807) is 38.7 Å². The molecule has 9 heteroatoms. The normalized spacial score (nSPS) is 15.2. The van der Waals surface area contributed by atoms with Crippen molar-refractivity contribution in [2.75, 3.05) is 27.4 Å². The SMILES string of the molecule is CCOC(=O)C1=C(C)N=c2s/c(=C\c3ccc(OC)cc3C)c(=O)n2[C@H]1c1cccc(OC)c1OCC. The van der Waals surface area contributed by atoms with E-state index >= 15 is 0 Å². The van der Waals surface area contributed by atoms with E-state index < -0.39 is 12.0 Å². The summed E-state index contributed by atoms with van der Waals surface area (Å²) >= 11 is 1.27. The summed E-state index contributed by atoms with van der Waals surface area (Å²) in [5, 5.41) is 0. The Morgan fingerprint density at radius 2 is 1.89 bits per heavy atom. The van der Waals surface area contributed by atoms with Crippen LogP contribution in [0.25, 0.3) is 6.08 Å². The smallest absolute Gasteiger partial charge is 0.338 e. The lowest BCUT2D eigenvalue weighted by atomic mass is 9.94. The van der Waals surface area contributed by atoms with Gasteiger partial charge in [-0.1, -0.05) is 29.5 Å². The number of hydrogen-bond donors (Lipinski definition) is 0. The zero-order chi connectivity index (χ0) is 26.7. The number of aromatic nitrogens is 1. The zero-order valence-electron chi connectivity index (χ0n) is 21.8. The van der Waals surface area contributed by atoms with Gasteiger partial charge in [-0.05, 0) is 63.1 Å². The van der Waals surface area contributed by atoms with Crippen molar-refractivity contribution >= 4 is 23.4 Å². The number of ether oxygens (including phenoxy) is 4. The number of carbonyl (C=O) groups is 1.